The molecule has 1 N–H and O–H groups in total. The molecule has 2 rings (SSSR count). The molecule has 2 nitrogen and oxygen atoms in total. The Morgan fingerprint density at radius 1 is 1.36 bits per heavy atom. The molecule has 0 fully saturated rings. The van der Waals surface area contributed by atoms with Gasteiger partial charge in [-0.2, -0.15) is 0 Å². The van der Waals surface area contributed by atoms with Crippen LogP contribution in [-0.2, 0) is 0 Å². The first-order valence-electron chi connectivity index (χ1n) is 4.85. The molecule has 76 valence electrons. The minimum atomic E-state index is 1.09. The summed E-state index contributed by atoms with van der Waals surface area (Å²) in [5, 5.41) is 3.17. The van der Waals surface area contributed by atoms with Gasteiger partial charge in [-0.3, -0.25) is 4.98 Å². The van der Waals surface area contributed by atoms with E-state index in [9.17, 15) is 0 Å². The molecule has 0 amide bonds. The molecule has 0 aliphatic rings. The number of nitrogens with zero attached hydrogens (tertiary/aromatic N) is 1. The molecule has 0 bridgehead atoms. The third-order valence-electron chi connectivity index (χ3n) is 1.87. The summed E-state index contributed by atoms with van der Waals surface area (Å²) < 4.78 is 1.25. The summed E-state index contributed by atoms with van der Waals surface area (Å²) in [4.78, 5) is 5.62. The Labute approximate surface area is 89.0 Å². The molecule has 0 aromatic carbocycles. The molecule has 0 aliphatic heterocycles. The highest BCUT2D eigenvalue weighted by molar-refractivity contribution is 7.19. The Kier molecular flexibility index (Phi) is 3.89. The summed E-state index contributed by atoms with van der Waals surface area (Å²) >= 11 is 1.78. The second-order valence-corrected chi connectivity index (χ2v) is 3.89. The number of aromatic nitrogens is 1. The van der Waals surface area contributed by atoms with E-state index in [0.717, 1.165) is 11.2 Å². The maximum atomic E-state index is 4.32. The monoisotopic (exact) mass is 208 g/mol. The summed E-state index contributed by atoms with van der Waals surface area (Å²) in [6.45, 7) is 6.11. The predicted molar refractivity (Wildman–Crippen MR) is 65.3 cm³/mol. The van der Waals surface area contributed by atoms with Crippen molar-refractivity contribution >= 4 is 27.2 Å². The van der Waals surface area contributed by atoms with Crippen LogP contribution in [0.15, 0.2) is 18.3 Å². The first-order chi connectivity index (χ1) is 6.83. The van der Waals surface area contributed by atoms with Crippen molar-refractivity contribution < 1.29 is 0 Å². The van der Waals surface area contributed by atoms with Crippen molar-refractivity contribution in [2.45, 2.75) is 20.8 Å². The molecule has 2 aromatic rings. The van der Waals surface area contributed by atoms with E-state index >= 15 is 0 Å². The summed E-state index contributed by atoms with van der Waals surface area (Å²) in [6.07, 6.45) is 1.83. The van der Waals surface area contributed by atoms with Crippen molar-refractivity contribution in [3.8, 4) is 0 Å². The van der Waals surface area contributed by atoms with Crippen LogP contribution in [0.3, 0.4) is 0 Å². The Hall–Kier alpha value is -1.09. The highest BCUT2D eigenvalue weighted by atomic mass is 32.1. The molecule has 3 heteroatoms. The van der Waals surface area contributed by atoms with E-state index in [2.05, 4.69) is 23.3 Å². The predicted octanol–water partition coefficient (Wildman–Crippen LogP) is 3.67. The summed E-state index contributed by atoms with van der Waals surface area (Å²) in [7, 11) is 1.93. The van der Waals surface area contributed by atoms with E-state index in [4.69, 9.17) is 0 Å². The first kappa shape index (κ1) is 11.0. The van der Waals surface area contributed by atoms with Gasteiger partial charge in [-0.25, -0.2) is 0 Å². The van der Waals surface area contributed by atoms with Crippen LogP contribution in [0.5, 0.6) is 0 Å². The van der Waals surface area contributed by atoms with E-state index in [1.54, 1.807) is 11.3 Å². The zero-order valence-electron chi connectivity index (χ0n) is 9.09. The fourth-order valence-corrected chi connectivity index (χ4v) is 2.37. The van der Waals surface area contributed by atoms with Gasteiger partial charge in [0.25, 0.3) is 0 Å². The number of aryl methyl sites for hydroxylation is 1. The second kappa shape index (κ2) is 4.96. The summed E-state index contributed by atoms with van der Waals surface area (Å²) in [6, 6.07) is 4.07. The number of nitrogens with one attached hydrogen (secondary N) is 1. The minimum absolute atomic E-state index is 1.09. The average molecular weight is 208 g/mol. The van der Waals surface area contributed by atoms with E-state index in [0.29, 0.717) is 0 Å². The molecule has 0 radical (unpaired) electrons. The smallest absolute Gasteiger partial charge is 0.104 e. The fourth-order valence-electron chi connectivity index (χ4n) is 1.34. The molecule has 0 spiro atoms. The minimum Gasteiger partial charge on any atom is -0.385 e. The molecule has 0 atom stereocenters. The van der Waals surface area contributed by atoms with Crippen LogP contribution in [-0.4, -0.2) is 12.0 Å². The van der Waals surface area contributed by atoms with Gasteiger partial charge in [-0.15, -0.1) is 11.3 Å². The molecule has 2 aromatic heterocycles. The Bertz CT molecular complexity index is 407. The topological polar surface area (TPSA) is 24.9 Å². The number of fused-ring (bicyclic) bond motifs is 1. The van der Waals surface area contributed by atoms with Crippen LogP contribution in [0.25, 0.3) is 10.2 Å². The quantitative estimate of drug-likeness (QED) is 0.773. The number of rotatable bonds is 1. The van der Waals surface area contributed by atoms with E-state index in [1.807, 2.05) is 33.2 Å². The van der Waals surface area contributed by atoms with Gasteiger partial charge >= 0.3 is 0 Å². The standard InChI is InChI=1S/C9H10N2S.C2H6/c1-6-8(10-2)9-7(12-6)4-3-5-11-9;1-2/h3-5,10H,1-2H3;1-2H3. The molecule has 2 heterocycles. The van der Waals surface area contributed by atoms with Crippen molar-refractivity contribution in [3.63, 3.8) is 0 Å². The largest absolute Gasteiger partial charge is 0.385 e. The van der Waals surface area contributed by atoms with Gasteiger partial charge in [0.2, 0.25) is 0 Å². The van der Waals surface area contributed by atoms with Crippen molar-refractivity contribution in [3.05, 3.63) is 23.2 Å². The molecule has 0 aliphatic carbocycles. The second-order valence-electron chi connectivity index (χ2n) is 2.63. The van der Waals surface area contributed by atoms with Gasteiger partial charge in [-0.1, -0.05) is 13.8 Å². The normalized spacial score (nSPS) is 9.43. The highest BCUT2D eigenvalue weighted by Crippen LogP contribution is 2.32. The highest BCUT2D eigenvalue weighted by Gasteiger charge is 2.06. The van der Waals surface area contributed by atoms with E-state index in [-0.39, 0.29) is 0 Å². The lowest BCUT2D eigenvalue weighted by Crippen LogP contribution is -1.88. The van der Waals surface area contributed by atoms with Gasteiger partial charge in [0.05, 0.1) is 10.4 Å². The van der Waals surface area contributed by atoms with Crippen LogP contribution >= 0.6 is 11.3 Å². The molecule has 0 saturated carbocycles. The van der Waals surface area contributed by atoms with Crippen LogP contribution in [0, 0.1) is 6.92 Å². The van der Waals surface area contributed by atoms with Gasteiger partial charge in [-0.05, 0) is 19.1 Å². The Balaban J connectivity index is 0.000000461. The number of anilines is 1. The number of hydrogen-bond acceptors (Lipinski definition) is 3. The zero-order chi connectivity index (χ0) is 10.6. The molecule has 0 unspecified atom stereocenters. The third kappa shape index (κ3) is 1.87. The van der Waals surface area contributed by atoms with Gasteiger partial charge in [0.1, 0.15) is 5.52 Å². The van der Waals surface area contributed by atoms with Crippen molar-refractivity contribution in [2.75, 3.05) is 12.4 Å². The fraction of sp³-hybridized carbons (Fsp3) is 0.364. The molecule has 0 saturated heterocycles. The SMILES string of the molecule is CC.CNc1c(C)sc2cccnc12. The van der Waals surface area contributed by atoms with Crippen LogP contribution in [0.1, 0.15) is 18.7 Å². The number of pyridine rings is 1. The van der Waals surface area contributed by atoms with Crippen molar-refractivity contribution in [2.24, 2.45) is 0 Å². The lowest BCUT2D eigenvalue weighted by Gasteiger charge is -1.96. The van der Waals surface area contributed by atoms with Gasteiger partial charge in [0, 0.05) is 18.1 Å². The summed E-state index contributed by atoms with van der Waals surface area (Å²) in [5.41, 5.74) is 2.25. The van der Waals surface area contributed by atoms with Crippen LogP contribution in [0.4, 0.5) is 5.69 Å². The van der Waals surface area contributed by atoms with Gasteiger partial charge < -0.3 is 5.32 Å². The lowest BCUT2D eigenvalue weighted by molar-refractivity contribution is 1.40. The van der Waals surface area contributed by atoms with Gasteiger partial charge in [0.15, 0.2) is 0 Å². The molecular formula is C11H16N2S. The Morgan fingerprint density at radius 2 is 2.07 bits per heavy atom. The average Bonchev–Trinajstić information content (AvgIpc) is 2.56. The zero-order valence-corrected chi connectivity index (χ0v) is 9.90. The van der Waals surface area contributed by atoms with E-state index < -0.39 is 0 Å². The summed E-state index contributed by atoms with van der Waals surface area (Å²) in [5.74, 6) is 0. The maximum absolute atomic E-state index is 4.32. The first-order valence-corrected chi connectivity index (χ1v) is 5.66. The van der Waals surface area contributed by atoms with Crippen LogP contribution < -0.4 is 5.32 Å². The number of hydrogen-bond donors (Lipinski definition) is 1. The molecular weight excluding hydrogens is 192 g/mol. The Morgan fingerprint density at radius 3 is 2.71 bits per heavy atom. The number of thiophene rings is 1. The maximum Gasteiger partial charge on any atom is 0.104 e. The van der Waals surface area contributed by atoms with Crippen LogP contribution in [0.2, 0.25) is 0 Å². The lowest BCUT2D eigenvalue weighted by atomic mass is 10.3. The van der Waals surface area contributed by atoms with Crippen molar-refractivity contribution in [1.29, 1.82) is 0 Å². The van der Waals surface area contributed by atoms with E-state index in [1.165, 1.54) is 9.58 Å². The van der Waals surface area contributed by atoms with Crippen molar-refractivity contribution in [1.82, 2.24) is 4.98 Å². The third-order valence-corrected chi connectivity index (χ3v) is 2.93. The molecule has 14 heavy (non-hydrogen) atoms.